The predicted octanol–water partition coefficient (Wildman–Crippen LogP) is 4.22. The van der Waals surface area contributed by atoms with Crippen molar-refractivity contribution in [2.45, 2.75) is 19.3 Å². The van der Waals surface area contributed by atoms with Crippen LogP contribution in [0.3, 0.4) is 0 Å². The van der Waals surface area contributed by atoms with Gasteiger partial charge in [-0.25, -0.2) is 4.79 Å². The summed E-state index contributed by atoms with van der Waals surface area (Å²) in [7, 11) is 1.66. The van der Waals surface area contributed by atoms with E-state index in [4.69, 9.17) is 9.15 Å². The minimum atomic E-state index is -0.373. The molecule has 0 bridgehead atoms. The maximum absolute atomic E-state index is 12.2. The van der Waals surface area contributed by atoms with E-state index >= 15 is 0 Å². The van der Waals surface area contributed by atoms with Crippen LogP contribution in [0.5, 0.6) is 0 Å². The molecule has 7 nitrogen and oxygen atoms in total. The molecule has 0 fully saturated rings. The number of anilines is 1. The first-order chi connectivity index (χ1) is 14.5. The van der Waals surface area contributed by atoms with Crippen LogP contribution in [0.4, 0.5) is 9.80 Å². The third-order valence-electron chi connectivity index (χ3n) is 4.84. The van der Waals surface area contributed by atoms with E-state index in [9.17, 15) is 14.9 Å². The number of carbonyl (C=O) groups is 2. The van der Waals surface area contributed by atoms with Gasteiger partial charge in [-0.2, -0.15) is 5.26 Å². The Kier molecular flexibility index (Phi) is 7.09. The van der Waals surface area contributed by atoms with Gasteiger partial charge in [-0.15, -0.1) is 17.9 Å². The number of nitriles is 1. The number of hydrogen-bond acceptors (Lipinski definition) is 6. The Balaban J connectivity index is 1.62. The van der Waals surface area contributed by atoms with Gasteiger partial charge in [0.05, 0.1) is 24.7 Å². The molecule has 0 aliphatic heterocycles. The van der Waals surface area contributed by atoms with Crippen LogP contribution < -0.4 is 5.32 Å². The van der Waals surface area contributed by atoms with Crippen LogP contribution in [0.1, 0.15) is 28.0 Å². The van der Waals surface area contributed by atoms with Crippen molar-refractivity contribution in [3.05, 3.63) is 58.9 Å². The van der Waals surface area contributed by atoms with E-state index in [0.717, 1.165) is 28.8 Å². The standard InChI is InChI=1S/C22H23N3O4S/c1-3-9-25(2)22(27)29-14-16-4-6-17-18(12-23)21(30-19(17)11-16)24-20(26)7-5-15-8-10-28-13-15/h3,5,7-8,10,13,16H,1,4,6,9,11,14H2,2H3,(H,24,26). The number of nitrogens with zero attached hydrogens (tertiary/aromatic N) is 2. The van der Waals surface area contributed by atoms with Crippen LogP contribution in [0, 0.1) is 17.2 Å². The number of fused-ring (bicyclic) bond motifs is 1. The number of nitrogens with one attached hydrogen (secondary N) is 1. The topological polar surface area (TPSA) is 95.6 Å². The highest BCUT2D eigenvalue weighted by Gasteiger charge is 2.27. The number of rotatable bonds is 7. The van der Waals surface area contributed by atoms with Gasteiger partial charge < -0.3 is 19.4 Å². The number of amides is 2. The van der Waals surface area contributed by atoms with Crippen LogP contribution in [-0.4, -0.2) is 37.1 Å². The van der Waals surface area contributed by atoms with Crippen LogP contribution >= 0.6 is 11.3 Å². The smallest absolute Gasteiger partial charge is 0.409 e. The second-order valence-corrected chi connectivity index (χ2v) is 8.16. The zero-order valence-corrected chi connectivity index (χ0v) is 17.5. The van der Waals surface area contributed by atoms with Gasteiger partial charge >= 0.3 is 6.09 Å². The molecule has 0 saturated heterocycles. The Morgan fingerprint density at radius 3 is 3.07 bits per heavy atom. The largest absolute Gasteiger partial charge is 0.472 e. The molecule has 0 saturated carbocycles. The second-order valence-electron chi connectivity index (χ2n) is 7.05. The van der Waals surface area contributed by atoms with Crippen LogP contribution in [0.15, 0.2) is 41.7 Å². The first kappa shape index (κ1) is 21.4. The van der Waals surface area contributed by atoms with Crippen molar-refractivity contribution in [3.63, 3.8) is 0 Å². The molecule has 8 heteroatoms. The molecule has 3 rings (SSSR count). The maximum atomic E-state index is 12.2. The Hall–Kier alpha value is -3.31. The summed E-state index contributed by atoms with van der Waals surface area (Å²) < 4.78 is 10.4. The summed E-state index contributed by atoms with van der Waals surface area (Å²) in [5, 5.41) is 13.0. The predicted molar refractivity (Wildman–Crippen MR) is 115 cm³/mol. The lowest BCUT2D eigenvalue weighted by Crippen LogP contribution is -2.30. The summed E-state index contributed by atoms with van der Waals surface area (Å²) in [6, 6.07) is 3.97. The number of likely N-dealkylation sites (N-methyl/N-ethyl adjacent to an activating group) is 1. The molecule has 2 amide bonds. The van der Waals surface area contributed by atoms with Crippen molar-refractivity contribution in [3.8, 4) is 6.07 Å². The van der Waals surface area contributed by atoms with Gasteiger partial charge in [0.2, 0.25) is 5.91 Å². The highest BCUT2D eigenvalue weighted by atomic mass is 32.1. The van der Waals surface area contributed by atoms with Crippen molar-refractivity contribution in [1.82, 2.24) is 4.90 Å². The van der Waals surface area contributed by atoms with E-state index < -0.39 is 0 Å². The van der Waals surface area contributed by atoms with Crippen molar-refractivity contribution in [1.29, 1.82) is 5.26 Å². The van der Waals surface area contributed by atoms with Gasteiger partial charge in [0, 0.05) is 30.1 Å². The number of hydrogen-bond donors (Lipinski definition) is 1. The first-order valence-corrected chi connectivity index (χ1v) is 10.4. The molecule has 1 N–H and O–H groups in total. The molecule has 1 unspecified atom stereocenters. The molecule has 1 atom stereocenters. The Labute approximate surface area is 179 Å². The quantitative estimate of drug-likeness (QED) is 0.529. The summed E-state index contributed by atoms with van der Waals surface area (Å²) in [4.78, 5) is 26.7. The Morgan fingerprint density at radius 2 is 2.37 bits per heavy atom. The number of carbonyl (C=O) groups excluding carboxylic acids is 2. The summed E-state index contributed by atoms with van der Waals surface area (Å²) in [6.07, 6.45) is 9.66. The third kappa shape index (κ3) is 5.19. The van der Waals surface area contributed by atoms with Crippen molar-refractivity contribution >= 4 is 34.4 Å². The third-order valence-corrected chi connectivity index (χ3v) is 6.01. The summed E-state index contributed by atoms with van der Waals surface area (Å²) in [6.45, 7) is 4.37. The molecule has 1 aliphatic carbocycles. The molecular weight excluding hydrogens is 402 g/mol. The van der Waals surface area contributed by atoms with E-state index in [1.165, 1.54) is 34.8 Å². The number of thiophene rings is 1. The normalized spacial score (nSPS) is 15.3. The summed E-state index contributed by atoms with van der Waals surface area (Å²) in [5.74, 6) is -0.115. The fourth-order valence-corrected chi connectivity index (χ4v) is 4.58. The monoisotopic (exact) mass is 425 g/mol. The summed E-state index contributed by atoms with van der Waals surface area (Å²) >= 11 is 1.42. The Morgan fingerprint density at radius 1 is 1.53 bits per heavy atom. The Bertz CT molecular complexity index is 985. The molecule has 0 aromatic carbocycles. The van der Waals surface area contributed by atoms with Crippen molar-refractivity contribution < 1.29 is 18.7 Å². The zero-order valence-electron chi connectivity index (χ0n) is 16.7. The van der Waals surface area contributed by atoms with Crippen LogP contribution in [-0.2, 0) is 22.4 Å². The van der Waals surface area contributed by atoms with E-state index in [-0.39, 0.29) is 17.9 Å². The minimum absolute atomic E-state index is 0.188. The lowest BCUT2D eigenvalue weighted by atomic mass is 9.88. The molecule has 156 valence electrons. The van der Waals surface area contributed by atoms with Gasteiger partial charge in [-0.1, -0.05) is 6.08 Å². The molecule has 0 spiro atoms. The van der Waals surface area contributed by atoms with Crippen LogP contribution in [0.25, 0.3) is 6.08 Å². The van der Waals surface area contributed by atoms with Crippen molar-refractivity contribution in [2.75, 3.05) is 25.5 Å². The fourth-order valence-electron chi connectivity index (χ4n) is 3.27. The zero-order chi connectivity index (χ0) is 21.5. The highest BCUT2D eigenvalue weighted by molar-refractivity contribution is 7.16. The minimum Gasteiger partial charge on any atom is -0.472 e. The lowest BCUT2D eigenvalue weighted by molar-refractivity contribution is -0.111. The average molecular weight is 426 g/mol. The molecule has 1 aliphatic rings. The fraction of sp³-hybridized carbons (Fsp3) is 0.318. The number of ether oxygens (including phenoxy) is 1. The summed E-state index contributed by atoms with van der Waals surface area (Å²) in [5.41, 5.74) is 2.30. The maximum Gasteiger partial charge on any atom is 0.409 e. The van der Waals surface area contributed by atoms with Crippen molar-refractivity contribution in [2.24, 2.45) is 5.92 Å². The molecule has 30 heavy (non-hydrogen) atoms. The van der Waals surface area contributed by atoms with Gasteiger partial charge in [0.15, 0.2) is 0 Å². The highest BCUT2D eigenvalue weighted by Crippen LogP contribution is 2.39. The number of furan rings is 1. The second kappa shape index (κ2) is 9.94. The lowest BCUT2D eigenvalue weighted by Gasteiger charge is -2.23. The van der Waals surface area contributed by atoms with Gasteiger partial charge in [0.25, 0.3) is 0 Å². The molecule has 2 aromatic heterocycles. The van der Waals surface area contributed by atoms with E-state index in [1.807, 2.05) is 0 Å². The molecular formula is C22H23N3O4S. The van der Waals surface area contributed by atoms with E-state index in [2.05, 4.69) is 18.0 Å². The molecule has 2 heterocycles. The SMILES string of the molecule is C=CCN(C)C(=O)OCC1CCc2c(sc(NC(=O)C=Cc3ccoc3)c2C#N)C1. The molecule has 2 aromatic rings. The molecule has 0 radical (unpaired) electrons. The van der Waals surface area contributed by atoms with E-state index in [0.29, 0.717) is 30.1 Å². The average Bonchev–Trinajstić information content (AvgIpc) is 3.37. The van der Waals surface area contributed by atoms with E-state index in [1.54, 1.807) is 25.3 Å². The van der Waals surface area contributed by atoms with Gasteiger partial charge in [0.1, 0.15) is 11.1 Å². The van der Waals surface area contributed by atoms with Crippen LogP contribution in [0.2, 0.25) is 0 Å². The van der Waals surface area contributed by atoms with Gasteiger partial charge in [-0.05, 0) is 42.9 Å². The first-order valence-electron chi connectivity index (χ1n) is 9.56. The van der Waals surface area contributed by atoms with Gasteiger partial charge in [-0.3, -0.25) is 4.79 Å².